The molecular formula is C17H27ClNO2P. The van der Waals surface area contributed by atoms with Gasteiger partial charge in [-0.2, -0.15) is 0 Å². The molecule has 1 aliphatic rings. The molecular weight excluding hydrogens is 317 g/mol. The van der Waals surface area contributed by atoms with Crippen molar-refractivity contribution in [3.8, 4) is 11.5 Å². The molecule has 0 amide bonds. The number of halogens is 1. The van der Waals surface area contributed by atoms with Crippen LogP contribution in [0.25, 0.3) is 0 Å². The van der Waals surface area contributed by atoms with E-state index in [0.717, 1.165) is 38.5 Å². The molecule has 0 bridgehead atoms. The number of hydrogen-bond donors (Lipinski definition) is 2. The first-order valence-electron chi connectivity index (χ1n) is 8.13. The normalized spacial score (nSPS) is 17.2. The second-order valence-corrected chi connectivity index (χ2v) is 9.89. The molecule has 0 radical (unpaired) electrons. The summed E-state index contributed by atoms with van der Waals surface area (Å²) in [6.45, 7) is 4.37. The molecule has 0 saturated heterocycles. The average Bonchev–Trinajstić information content (AvgIpc) is 3.26. The smallest absolute Gasteiger partial charge is 0.203 e. The Morgan fingerprint density at radius 1 is 1.18 bits per heavy atom. The number of phenolic OH excluding ortho intramolecular Hbond substituents is 1. The molecule has 124 valence electrons. The van der Waals surface area contributed by atoms with Crippen LogP contribution < -0.4 is 9.61 Å². The Bertz CT molecular complexity index is 544. The summed E-state index contributed by atoms with van der Waals surface area (Å²) in [5.74, 6) is 0.947. The minimum atomic E-state index is -2.29. The summed E-state index contributed by atoms with van der Waals surface area (Å²) < 4.78 is 6.19. The molecule has 0 aliphatic heterocycles. The van der Waals surface area contributed by atoms with Crippen molar-refractivity contribution < 1.29 is 9.63 Å². The maximum atomic E-state index is 9.40. The molecule has 1 aromatic carbocycles. The Hall–Kier alpha value is -0.630. The topological polar surface area (TPSA) is 41.5 Å². The highest BCUT2D eigenvalue weighted by Gasteiger charge is 2.36. The van der Waals surface area contributed by atoms with E-state index < -0.39 is 6.62 Å². The van der Waals surface area contributed by atoms with Gasteiger partial charge in [-0.15, -0.1) is 0 Å². The van der Waals surface area contributed by atoms with Crippen LogP contribution in [0.3, 0.4) is 0 Å². The van der Waals surface area contributed by atoms with Gasteiger partial charge >= 0.3 is 0 Å². The first-order chi connectivity index (χ1) is 10.4. The highest BCUT2D eigenvalue weighted by molar-refractivity contribution is 7.94. The number of phenols is 1. The van der Waals surface area contributed by atoms with Gasteiger partial charge in [0.15, 0.2) is 0 Å². The number of hydrogen-bond acceptors (Lipinski definition) is 3. The van der Waals surface area contributed by atoms with Crippen LogP contribution in [-0.2, 0) is 0 Å². The van der Waals surface area contributed by atoms with Gasteiger partial charge in [-0.3, -0.25) is 0 Å². The number of benzene rings is 1. The summed E-state index contributed by atoms with van der Waals surface area (Å²) in [6.07, 6.45) is 6.51. The van der Waals surface area contributed by atoms with Gasteiger partial charge in [-0.1, -0.05) is 26.7 Å². The van der Waals surface area contributed by atoms with E-state index in [0.29, 0.717) is 5.75 Å². The highest BCUT2D eigenvalue weighted by atomic mass is 35.7. The summed E-state index contributed by atoms with van der Waals surface area (Å²) in [6, 6.07) is 6.80. The van der Waals surface area contributed by atoms with Gasteiger partial charge in [0.2, 0.25) is 6.62 Å². The predicted octanol–water partition coefficient (Wildman–Crippen LogP) is 5.69. The molecule has 1 aliphatic carbocycles. The zero-order valence-electron chi connectivity index (χ0n) is 13.7. The van der Waals surface area contributed by atoms with Gasteiger partial charge in [-0.25, -0.2) is 5.09 Å². The van der Waals surface area contributed by atoms with E-state index in [9.17, 15) is 5.11 Å². The van der Waals surface area contributed by atoms with Crippen molar-refractivity contribution in [2.75, 3.05) is 0 Å². The Labute approximate surface area is 138 Å². The molecule has 1 aromatic rings. The molecule has 1 unspecified atom stereocenters. The zero-order valence-corrected chi connectivity index (χ0v) is 15.4. The van der Waals surface area contributed by atoms with E-state index in [-0.39, 0.29) is 11.3 Å². The average molecular weight is 344 g/mol. The molecule has 22 heavy (non-hydrogen) atoms. The Morgan fingerprint density at radius 2 is 1.73 bits per heavy atom. The zero-order chi connectivity index (χ0) is 16.2. The predicted molar refractivity (Wildman–Crippen MR) is 97.1 cm³/mol. The van der Waals surface area contributed by atoms with Gasteiger partial charge < -0.3 is 9.63 Å². The number of aromatic hydroxyl groups is 1. The minimum absolute atomic E-state index is 0.00549. The molecule has 1 fully saturated rings. The van der Waals surface area contributed by atoms with Crippen LogP contribution in [0.1, 0.15) is 59.3 Å². The molecule has 3 nitrogen and oxygen atoms in total. The quantitative estimate of drug-likeness (QED) is 0.596. The molecule has 0 heterocycles. The lowest BCUT2D eigenvalue weighted by Crippen LogP contribution is -2.40. The third kappa shape index (κ3) is 4.68. The maximum Gasteiger partial charge on any atom is 0.203 e. The van der Waals surface area contributed by atoms with E-state index in [1.807, 2.05) is 0 Å². The third-order valence-electron chi connectivity index (χ3n) is 3.97. The largest absolute Gasteiger partial charge is 0.508 e. The van der Waals surface area contributed by atoms with Gasteiger partial charge in [-0.05, 0) is 73.4 Å². The summed E-state index contributed by atoms with van der Waals surface area (Å²) >= 11 is 6.95. The van der Waals surface area contributed by atoms with E-state index >= 15 is 0 Å². The van der Waals surface area contributed by atoms with Crippen LogP contribution in [0.5, 0.6) is 11.5 Å². The second-order valence-electron chi connectivity index (χ2n) is 6.36. The van der Waals surface area contributed by atoms with Crippen molar-refractivity contribution in [1.29, 1.82) is 0 Å². The number of nitrogens with one attached hydrogen (secondary N) is 1. The van der Waals surface area contributed by atoms with Crippen molar-refractivity contribution >= 4 is 23.2 Å². The fraction of sp³-hybridized carbons (Fsp3) is 0.588. The number of rotatable bonds is 8. The van der Waals surface area contributed by atoms with Crippen molar-refractivity contribution in [3.05, 3.63) is 24.3 Å². The van der Waals surface area contributed by atoms with Crippen molar-refractivity contribution in [2.45, 2.75) is 64.8 Å². The maximum absolute atomic E-state index is 9.40. The molecule has 5 heteroatoms. The van der Waals surface area contributed by atoms with Crippen LogP contribution in [0.15, 0.2) is 24.3 Å². The van der Waals surface area contributed by atoms with Gasteiger partial charge in [0.25, 0.3) is 0 Å². The van der Waals surface area contributed by atoms with Crippen LogP contribution in [0.4, 0.5) is 0 Å². The van der Waals surface area contributed by atoms with Gasteiger partial charge in [0.1, 0.15) is 11.5 Å². The SMILES string of the molecule is CCCC(C)(CCC)NP(Cl)(Oc1ccc(O)cc1)=C1CC1. The molecule has 0 spiro atoms. The highest BCUT2D eigenvalue weighted by Crippen LogP contribution is 2.58. The van der Waals surface area contributed by atoms with E-state index in [2.05, 4.69) is 25.9 Å². The van der Waals surface area contributed by atoms with Crippen molar-refractivity contribution in [3.63, 3.8) is 0 Å². The molecule has 2 rings (SSSR count). The third-order valence-corrected chi connectivity index (χ3v) is 7.69. The Kier molecular flexibility index (Phi) is 5.87. The van der Waals surface area contributed by atoms with E-state index in [1.54, 1.807) is 24.3 Å². The van der Waals surface area contributed by atoms with Crippen LogP contribution in [-0.4, -0.2) is 15.9 Å². The summed E-state index contributed by atoms with van der Waals surface area (Å²) in [5, 5.41) is 14.4. The summed E-state index contributed by atoms with van der Waals surface area (Å²) in [4.78, 5) is 0. The van der Waals surface area contributed by atoms with E-state index in [1.165, 1.54) is 5.29 Å². The van der Waals surface area contributed by atoms with Crippen molar-refractivity contribution in [1.82, 2.24) is 5.09 Å². The fourth-order valence-electron chi connectivity index (χ4n) is 2.85. The second kappa shape index (κ2) is 7.29. The lowest BCUT2D eigenvalue weighted by molar-refractivity contribution is 0.353. The fourth-order valence-corrected chi connectivity index (χ4v) is 6.56. The molecule has 1 saturated carbocycles. The van der Waals surface area contributed by atoms with Crippen LogP contribution in [0.2, 0.25) is 0 Å². The lowest BCUT2D eigenvalue weighted by atomic mass is 9.92. The Balaban J connectivity index is 2.22. The van der Waals surface area contributed by atoms with E-state index in [4.69, 9.17) is 15.8 Å². The first kappa shape index (κ1) is 17.7. The molecule has 1 atom stereocenters. The van der Waals surface area contributed by atoms with Crippen LogP contribution >= 0.6 is 17.9 Å². The summed E-state index contributed by atoms with van der Waals surface area (Å²) in [5.41, 5.74) is 0.00549. The van der Waals surface area contributed by atoms with Gasteiger partial charge in [0, 0.05) is 5.54 Å². The van der Waals surface area contributed by atoms with Crippen molar-refractivity contribution in [2.24, 2.45) is 0 Å². The standard InChI is InChI=1S/C17H27ClNO2P/c1-4-12-17(3,13-5-2)19-22(18,16-10-11-16)21-15-8-6-14(20)7-9-15/h6-9,19-20H,4-5,10-13H2,1-3H3. The van der Waals surface area contributed by atoms with Crippen LogP contribution in [0, 0.1) is 0 Å². The molecule has 2 N–H and O–H groups in total. The lowest BCUT2D eigenvalue weighted by Gasteiger charge is -2.36. The molecule has 0 aromatic heterocycles. The summed E-state index contributed by atoms with van der Waals surface area (Å²) in [7, 11) is 0. The van der Waals surface area contributed by atoms with Gasteiger partial charge in [0.05, 0.1) is 0 Å². The minimum Gasteiger partial charge on any atom is -0.508 e. The Morgan fingerprint density at radius 3 is 2.18 bits per heavy atom. The first-order valence-corrected chi connectivity index (χ1v) is 10.7. The monoisotopic (exact) mass is 343 g/mol.